The summed E-state index contributed by atoms with van der Waals surface area (Å²) in [5.41, 5.74) is 0.273. The SMILES string of the molecule is CCCNC(c1ccc(Br)s1)c1cc(F)c(Cl)cc1F. The van der Waals surface area contributed by atoms with E-state index in [2.05, 4.69) is 21.2 Å². The minimum atomic E-state index is -0.609. The van der Waals surface area contributed by atoms with E-state index in [-0.39, 0.29) is 16.6 Å². The molecular weight excluding hydrogens is 368 g/mol. The van der Waals surface area contributed by atoms with Crippen molar-refractivity contribution in [3.8, 4) is 0 Å². The molecule has 0 spiro atoms. The summed E-state index contributed by atoms with van der Waals surface area (Å²) in [5, 5.41) is 3.04. The fourth-order valence-corrected chi connectivity index (χ4v) is 3.56. The summed E-state index contributed by atoms with van der Waals surface area (Å²) in [6.07, 6.45) is 0.904. The molecule has 1 unspecified atom stereocenters. The van der Waals surface area contributed by atoms with Crippen molar-refractivity contribution in [1.29, 1.82) is 0 Å². The van der Waals surface area contributed by atoms with Gasteiger partial charge in [0.25, 0.3) is 0 Å². The number of halogens is 4. The normalized spacial score (nSPS) is 12.7. The summed E-state index contributed by atoms with van der Waals surface area (Å²) in [7, 11) is 0. The number of hydrogen-bond donors (Lipinski definition) is 1. The van der Waals surface area contributed by atoms with Crippen molar-refractivity contribution < 1.29 is 8.78 Å². The molecule has 0 aliphatic heterocycles. The van der Waals surface area contributed by atoms with E-state index in [0.717, 1.165) is 21.2 Å². The highest BCUT2D eigenvalue weighted by atomic mass is 79.9. The fraction of sp³-hybridized carbons (Fsp3) is 0.286. The molecule has 0 bridgehead atoms. The van der Waals surface area contributed by atoms with E-state index in [4.69, 9.17) is 11.6 Å². The van der Waals surface area contributed by atoms with Crippen LogP contribution in [-0.4, -0.2) is 6.54 Å². The van der Waals surface area contributed by atoms with Crippen LogP contribution < -0.4 is 5.32 Å². The molecule has 0 saturated carbocycles. The molecule has 0 aliphatic carbocycles. The Morgan fingerprint density at radius 3 is 2.65 bits per heavy atom. The van der Waals surface area contributed by atoms with Crippen LogP contribution in [0.5, 0.6) is 0 Å². The van der Waals surface area contributed by atoms with Crippen molar-refractivity contribution in [2.24, 2.45) is 0 Å². The van der Waals surface area contributed by atoms with Crippen molar-refractivity contribution in [2.45, 2.75) is 19.4 Å². The Balaban J connectivity index is 2.43. The number of benzene rings is 1. The first-order chi connectivity index (χ1) is 9.52. The smallest absolute Gasteiger partial charge is 0.142 e. The first kappa shape index (κ1) is 15.9. The summed E-state index contributed by atoms with van der Waals surface area (Å²) in [6, 6.07) is 5.60. The van der Waals surface area contributed by atoms with Crippen molar-refractivity contribution in [3.05, 3.63) is 55.1 Å². The molecule has 0 aliphatic rings. The number of thiophene rings is 1. The molecular formula is C14H13BrClF2NS. The van der Waals surface area contributed by atoms with Gasteiger partial charge in [-0.3, -0.25) is 0 Å². The molecule has 1 nitrogen and oxygen atoms in total. The molecule has 0 amide bonds. The zero-order chi connectivity index (χ0) is 14.7. The van der Waals surface area contributed by atoms with Gasteiger partial charge in [-0.25, -0.2) is 8.78 Å². The van der Waals surface area contributed by atoms with Gasteiger partial charge in [-0.1, -0.05) is 18.5 Å². The van der Waals surface area contributed by atoms with Crippen molar-refractivity contribution in [3.63, 3.8) is 0 Å². The zero-order valence-electron chi connectivity index (χ0n) is 10.7. The summed E-state index contributed by atoms with van der Waals surface area (Å²) >= 11 is 10.5. The Labute approximate surface area is 134 Å². The van der Waals surface area contributed by atoms with E-state index in [1.807, 2.05) is 19.1 Å². The first-order valence-electron chi connectivity index (χ1n) is 6.16. The number of hydrogen-bond acceptors (Lipinski definition) is 2. The second kappa shape index (κ2) is 6.98. The Morgan fingerprint density at radius 1 is 1.30 bits per heavy atom. The lowest BCUT2D eigenvalue weighted by atomic mass is 10.0. The molecule has 0 radical (unpaired) electrons. The maximum absolute atomic E-state index is 14.1. The molecule has 6 heteroatoms. The van der Waals surface area contributed by atoms with E-state index in [1.165, 1.54) is 17.4 Å². The molecule has 20 heavy (non-hydrogen) atoms. The van der Waals surface area contributed by atoms with Crippen LogP contribution in [0, 0.1) is 11.6 Å². The lowest BCUT2D eigenvalue weighted by molar-refractivity contribution is 0.539. The Bertz CT molecular complexity index is 603. The third-order valence-corrected chi connectivity index (χ3v) is 4.81. The topological polar surface area (TPSA) is 12.0 Å². The van der Waals surface area contributed by atoms with Gasteiger partial charge in [0.2, 0.25) is 0 Å². The van der Waals surface area contributed by atoms with Crippen LogP contribution in [0.1, 0.15) is 29.8 Å². The minimum Gasteiger partial charge on any atom is -0.306 e. The van der Waals surface area contributed by atoms with Crippen LogP contribution in [0.2, 0.25) is 5.02 Å². The average Bonchev–Trinajstić information content (AvgIpc) is 2.82. The predicted octanol–water partition coefficient (Wildman–Crippen LogP) is 5.53. The van der Waals surface area contributed by atoms with Gasteiger partial charge in [-0.05, 0) is 53.2 Å². The quantitative estimate of drug-likeness (QED) is 0.672. The highest BCUT2D eigenvalue weighted by Crippen LogP contribution is 2.33. The second-order valence-electron chi connectivity index (χ2n) is 4.32. The van der Waals surface area contributed by atoms with E-state index in [9.17, 15) is 8.78 Å². The van der Waals surface area contributed by atoms with Crippen molar-refractivity contribution in [1.82, 2.24) is 5.32 Å². The lowest BCUT2D eigenvalue weighted by Gasteiger charge is -2.18. The minimum absolute atomic E-state index is 0.201. The molecule has 108 valence electrons. The Kier molecular flexibility index (Phi) is 5.55. The Morgan fingerprint density at radius 2 is 2.05 bits per heavy atom. The third-order valence-electron chi connectivity index (χ3n) is 2.83. The van der Waals surface area contributed by atoms with E-state index >= 15 is 0 Å². The summed E-state index contributed by atoms with van der Waals surface area (Å²) in [6.45, 7) is 2.73. The lowest BCUT2D eigenvalue weighted by Crippen LogP contribution is -2.23. The number of rotatable bonds is 5. The number of nitrogens with one attached hydrogen (secondary N) is 1. The van der Waals surface area contributed by atoms with Crippen LogP contribution in [0.25, 0.3) is 0 Å². The van der Waals surface area contributed by atoms with Crippen molar-refractivity contribution in [2.75, 3.05) is 6.54 Å². The molecule has 0 saturated heterocycles. The predicted molar refractivity (Wildman–Crippen MR) is 83.5 cm³/mol. The molecule has 1 heterocycles. The maximum Gasteiger partial charge on any atom is 0.142 e. The van der Waals surface area contributed by atoms with Crippen LogP contribution >= 0.6 is 38.9 Å². The molecule has 1 N–H and O–H groups in total. The zero-order valence-corrected chi connectivity index (χ0v) is 13.9. The van der Waals surface area contributed by atoms with E-state index < -0.39 is 11.6 Å². The summed E-state index contributed by atoms with van der Waals surface area (Å²) in [4.78, 5) is 0.922. The molecule has 2 aromatic rings. The Hall–Kier alpha value is -0.490. The van der Waals surface area contributed by atoms with E-state index in [0.29, 0.717) is 6.54 Å². The summed E-state index contributed by atoms with van der Waals surface area (Å²) in [5.74, 6) is -1.11. The van der Waals surface area contributed by atoms with Gasteiger partial charge in [-0.15, -0.1) is 11.3 Å². The summed E-state index contributed by atoms with van der Waals surface area (Å²) < 4.78 is 28.7. The highest BCUT2D eigenvalue weighted by molar-refractivity contribution is 9.11. The molecule has 2 rings (SSSR count). The van der Waals surface area contributed by atoms with Gasteiger partial charge in [0, 0.05) is 10.4 Å². The van der Waals surface area contributed by atoms with Gasteiger partial charge >= 0.3 is 0 Å². The second-order valence-corrected chi connectivity index (χ2v) is 7.22. The van der Waals surface area contributed by atoms with Crippen LogP contribution in [0.4, 0.5) is 8.78 Å². The van der Waals surface area contributed by atoms with Gasteiger partial charge in [-0.2, -0.15) is 0 Å². The largest absolute Gasteiger partial charge is 0.306 e. The van der Waals surface area contributed by atoms with E-state index in [1.54, 1.807) is 0 Å². The highest BCUT2D eigenvalue weighted by Gasteiger charge is 2.21. The van der Waals surface area contributed by atoms with Gasteiger partial charge in [0.05, 0.1) is 14.9 Å². The third kappa shape index (κ3) is 3.58. The fourth-order valence-electron chi connectivity index (χ4n) is 1.90. The van der Waals surface area contributed by atoms with Crippen LogP contribution in [0.15, 0.2) is 28.1 Å². The first-order valence-corrected chi connectivity index (χ1v) is 8.14. The van der Waals surface area contributed by atoms with Gasteiger partial charge in [0.1, 0.15) is 11.6 Å². The standard InChI is InChI=1S/C14H13BrClF2NS/c1-2-5-19-14(12-3-4-13(15)20-12)8-6-11(18)9(16)7-10(8)17/h3-4,6-7,14,19H,2,5H2,1H3. The monoisotopic (exact) mass is 379 g/mol. The molecule has 0 fully saturated rings. The molecule has 1 atom stereocenters. The maximum atomic E-state index is 14.1. The molecule has 1 aromatic heterocycles. The van der Waals surface area contributed by atoms with Crippen molar-refractivity contribution >= 4 is 38.9 Å². The average molecular weight is 381 g/mol. The van der Waals surface area contributed by atoms with Crippen LogP contribution in [0.3, 0.4) is 0 Å². The van der Waals surface area contributed by atoms with Gasteiger partial charge < -0.3 is 5.32 Å². The van der Waals surface area contributed by atoms with Crippen LogP contribution in [-0.2, 0) is 0 Å². The van der Waals surface area contributed by atoms with Gasteiger partial charge in [0.15, 0.2) is 0 Å². The molecule has 1 aromatic carbocycles.